The Balaban J connectivity index is 2.14. The number of thioether (sulfide) groups is 1. The fraction of sp³-hybridized carbons (Fsp3) is 0.364. The number of fused-ring (bicyclic) bond motifs is 1. The molecule has 2 rings (SSSR count). The molecule has 17 heavy (non-hydrogen) atoms. The number of carboxylic acids is 1. The SMILES string of the molecule is O=C(O)C(CO)Sc1ccc2c(c1)OCCO2. The highest BCUT2D eigenvalue weighted by Crippen LogP contribution is 2.35. The van der Waals surface area contributed by atoms with Gasteiger partial charge in [-0.2, -0.15) is 0 Å². The molecule has 1 aromatic rings. The Kier molecular flexibility index (Phi) is 3.75. The molecule has 6 heteroatoms. The number of carbonyl (C=O) groups is 1. The van der Waals surface area contributed by atoms with Crippen LogP contribution in [0.3, 0.4) is 0 Å². The number of carboxylic acid groups (broad SMARTS) is 1. The Hall–Kier alpha value is -1.40. The average molecular weight is 256 g/mol. The Morgan fingerprint density at radius 3 is 2.71 bits per heavy atom. The highest BCUT2D eigenvalue weighted by atomic mass is 32.2. The van der Waals surface area contributed by atoms with Crippen LogP contribution in [-0.2, 0) is 4.79 Å². The van der Waals surface area contributed by atoms with Gasteiger partial charge in [-0.3, -0.25) is 4.79 Å². The first-order valence-electron chi connectivity index (χ1n) is 5.10. The molecule has 0 amide bonds. The zero-order valence-electron chi connectivity index (χ0n) is 8.96. The molecular formula is C11H12O5S. The van der Waals surface area contributed by atoms with Crippen LogP contribution in [0.15, 0.2) is 23.1 Å². The van der Waals surface area contributed by atoms with Gasteiger partial charge in [-0.1, -0.05) is 0 Å². The summed E-state index contributed by atoms with van der Waals surface area (Å²) in [5.41, 5.74) is 0. The van der Waals surface area contributed by atoms with Gasteiger partial charge >= 0.3 is 5.97 Å². The highest BCUT2D eigenvalue weighted by Gasteiger charge is 2.19. The van der Waals surface area contributed by atoms with Crippen molar-refractivity contribution in [3.05, 3.63) is 18.2 Å². The Morgan fingerprint density at radius 1 is 1.35 bits per heavy atom. The zero-order chi connectivity index (χ0) is 12.3. The lowest BCUT2D eigenvalue weighted by atomic mass is 10.3. The third-order valence-corrected chi connectivity index (χ3v) is 3.39. The van der Waals surface area contributed by atoms with Crippen molar-refractivity contribution in [1.82, 2.24) is 0 Å². The predicted octanol–water partition coefficient (Wildman–Crippen LogP) is 0.995. The van der Waals surface area contributed by atoms with E-state index >= 15 is 0 Å². The first-order chi connectivity index (χ1) is 8.20. The molecule has 0 bridgehead atoms. The van der Waals surface area contributed by atoms with Crippen LogP contribution < -0.4 is 9.47 Å². The summed E-state index contributed by atoms with van der Waals surface area (Å²) in [4.78, 5) is 11.5. The quantitative estimate of drug-likeness (QED) is 0.783. The van der Waals surface area contributed by atoms with Crippen LogP contribution in [-0.4, -0.2) is 41.3 Å². The normalized spacial score (nSPS) is 15.4. The summed E-state index contributed by atoms with van der Waals surface area (Å²) >= 11 is 1.08. The molecule has 1 aliphatic heterocycles. The molecule has 0 fully saturated rings. The first-order valence-corrected chi connectivity index (χ1v) is 5.98. The van der Waals surface area contributed by atoms with E-state index < -0.39 is 17.8 Å². The van der Waals surface area contributed by atoms with E-state index in [1.54, 1.807) is 18.2 Å². The average Bonchev–Trinajstić information content (AvgIpc) is 2.35. The number of rotatable bonds is 4. The molecule has 0 aromatic heterocycles. The number of ether oxygens (including phenoxy) is 2. The van der Waals surface area contributed by atoms with Gasteiger partial charge in [-0.25, -0.2) is 0 Å². The topological polar surface area (TPSA) is 76.0 Å². The van der Waals surface area contributed by atoms with Crippen molar-refractivity contribution < 1.29 is 24.5 Å². The van der Waals surface area contributed by atoms with Gasteiger partial charge in [0.15, 0.2) is 11.5 Å². The Labute approximate surface area is 102 Å². The summed E-state index contributed by atoms with van der Waals surface area (Å²) < 4.78 is 10.7. The van der Waals surface area contributed by atoms with E-state index in [0.29, 0.717) is 24.7 Å². The first kappa shape index (κ1) is 12.1. The fourth-order valence-corrected chi connectivity index (χ4v) is 2.25. The molecular weight excluding hydrogens is 244 g/mol. The van der Waals surface area contributed by atoms with Crippen molar-refractivity contribution in [2.45, 2.75) is 10.1 Å². The minimum absolute atomic E-state index is 0.408. The van der Waals surface area contributed by atoms with Crippen LogP contribution in [0.2, 0.25) is 0 Å². The van der Waals surface area contributed by atoms with Gasteiger partial charge in [0.05, 0.1) is 6.61 Å². The number of hydrogen-bond acceptors (Lipinski definition) is 5. The number of aliphatic carboxylic acids is 1. The van der Waals surface area contributed by atoms with Crippen LogP contribution in [0, 0.1) is 0 Å². The largest absolute Gasteiger partial charge is 0.486 e. The van der Waals surface area contributed by atoms with E-state index in [-0.39, 0.29) is 0 Å². The second-order valence-corrected chi connectivity index (χ2v) is 4.71. The molecule has 0 saturated carbocycles. The molecule has 0 radical (unpaired) electrons. The lowest BCUT2D eigenvalue weighted by molar-refractivity contribution is -0.137. The van der Waals surface area contributed by atoms with E-state index in [1.165, 1.54) is 0 Å². The number of benzene rings is 1. The van der Waals surface area contributed by atoms with Crippen molar-refractivity contribution >= 4 is 17.7 Å². The van der Waals surface area contributed by atoms with Crippen molar-refractivity contribution in [2.24, 2.45) is 0 Å². The van der Waals surface area contributed by atoms with E-state index in [2.05, 4.69) is 0 Å². The number of aliphatic hydroxyl groups excluding tert-OH is 1. The standard InChI is InChI=1S/C11H12O5S/c12-6-10(11(13)14)17-7-1-2-8-9(5-7)16-4-3-15-8/h1-2,5,10,12H,3-4,6H2,(H,13,14). The summed E-state index contributed by atoms with van der Waals surface area (Å²) in [7, 11) is 0. The molecule has 1 aromatic carbocycles. The molecule has 0 aliphatic carbocycles. The molecule has 2 N–H and O–H groups in total. The lowest BCUT2D eigenvalue weighted by Gasteiger charge is -2.19. The van der Waals surface area contributed by atoms with Gasteiger partial charge in [-0.05, 0) is 18.2 Å². The number of hydrogen-bond donors (Lipinski definition) is 2. The molecule has 1 atom stereocenters. The summed E-state index contributed by atoms with van der Waals surface area (Å²) in [6.07, 6.45) is 0. The summed E-state index contributed by atoms with van der Waals surface area (Å²) in [5, 5.41) is 16.9. The summed E-state index contributed by atoms with van der Waals surface area (Å²) in [6, 6.07) is 5.22. The van der Waals surface area contributed by atoms with Gasteiger partial charge in [0.2, 0.25) is 0 Å². The summed E-state index contributed by atoms with van der Waals surface area (Å²) in [5.74, 6) is 0.243. The Bertz CT molecular complexity index is 420. The summed E-state index contributed by atoms with van der Waals surface area (Å²) in [6.45, 7) is 0.603. The molecule has 1 heterocycles. The second kappa shape index (κ2) is 5.29. The third-order valence-electron chi connectivity index (χ3n) is 2.23. The van der Waals surface area contributed by atoms with Crippen LogP contribution >= 0.6 is 11.8 Å². The maximum absolute atomic E-state index is 10.8. The third kappa shape index (κ3) is 2.83. The minimum atomic E-state index is -1.03. The number of aliphatic hydroxyl groups is 1. The van der Waals surface area contributed by atoms with E-state index in [0.717, 1.165) is 16.7 Å². The Morgan fingerprint density at radius 2 is 2.06 bits per heavy atom. The van der Waals surface area contributed by atoms with Gasteiger partial charge < -0.3 is 19.7 Å². The maximum Gasteiger partial charge on any atom is 0.319 e. The van der Waals surface area contributed by atoms with E-state index in [9.17, 15) is 4.79 Å². The van der Waals surface area contributed by atoms with Gasteiger partial charge in [0.25, 0.3) is 0 Å². The monoisotopic (exact) mass is 256 g/mol. The van der Waals surface area contributed by atoms with E-state index in [4.69, 9.17) is 19.7 Å². The van der Waals surface area contributed by atoms with Gasteiger partial charge in [0.1, 0.15) is 18.5 Å². The molecule has 1 unspecified atom stereocenters. The fourth-order valence-electron chi connectivity index (χ4n) is 1.43. The van der Waals surface area contributed by atoms with Crippen molar-refractivity contribution in [2.75, 3.05) is 19.8 Å². The van der Waals surface area contributed by atoms with Gasteiger partial charge in [0, 0.05) is 4.90 Å². The lowest BCUT2D eigenvalue weighted by Crippen LogP contribution is -2.20. The predicted molar refractivity (Wildman–Crippen MR) is 61.8 cm³/mol. The smallest absolute Gasteiger partial charge is 0.319 e. The van der Waals surface area contributed by atoms with E-state index in [1.807, 2.05) is 0 Å². The molecule has 0 spiro atoms. The zero-order valence-corrected chi connectivity index (χ0v) is 9.77. The van der Waals surface area contributed by atoms with Crippen molar-refractivity contribution in [3.8, 4) is 11.5 Å². The molecule has 92 valence electrons. The van der Waals surface area contributed by atoms with Gasteiger partial charge in [-0.15, -0.1) is 11.8 Å². The molecule has 5 nitrogen and oxygen atoms in total. The van der Waals surface area contributed by atoms with Crippen LogP contribution in [0.25, 0.3) is 0 Å². The van der Waals surface area contributed by atoms with Crippen LogP contribution in [0.4, 0.5) is 0 Å². The maximum atomic E-state index is 10.8. The van der Waals surface area contributed by atoms with Crippen molar-refractivity contribution in [3.63, 3.8) is 0 Å². The minimum Gasteiger partial charge on any atom is -0.486 e. The highest BCUT2D eigenvalue weighted by molar-refractivity contribution is 8.00. The second-order valence-electron chi connectivity index (χ2n) is 3.43. The van der Waals surface area contributed by atoms with Crippen LogP contribution in [0.1, 0.15) is 0 Å². The molecule has 1 aliphatic rings. The van der Waals surface area contributed by atoms with Crippen molar-refractivity contribution in [1.29, 1.82) is 0 Å². The molecule has 0 saturated heterocycles. The van der Waals surface area contributed by atoms with Crippen LogP contribution in [0.5, 0.6) is 11.5 Å².